The largest absolute Gasteiger partial charge is 0.313 e. The number of nitrogens with one attached hydrogen (secondary N) is 1. The smallest absolute Gasteiger partial charge is 0.0328 e. The van der Waals surface area contributed by atoms with Gasteiger partial charge in [0, 0.05) is 15.8 Å². The summed E-state index contributed by atoms with van der Waals surface area (Å²) >= 11 is 1.93. The Morgan fingerprint density at radius 1 is 1.35 bits per heavy atom. The molecule has 17 heavy (non-hydrogen) atoms. The number of hydrogen-bond donors (Lipinski definition) is 1. The van der Waals surface area contributed by atoms with Gasteiger partial charge in [0.25, 0.3) is 0 Å². The highest BCUT2D eigenvalue weighted by molar-refractivity contribution is 7.12. The first-order valence-electron chi connectivity index (χ1n) is 6.95. The highest BCUT2D eigenvalue weighted by Crippen LogP contribution is 2.33. The van der Waals surface area contributed by atoms with Crippen molar-refractivity contribution in [3.63, 3.8) is 0 Å². The van der Waals surface area contributed by atoms with Gasteiger partial charge < -0.3 is 5.32 Å². The minimum atomic E-state index is 0.570. The summed E-state index contributed by atoms with van der Waals surface area (Å²) in [7, 11) is 2.10. The summed E-state index contributed by atoms with van der Waals surface area (Å²) in [4.78, 5) is 2.94. The van der Waals surface area contributed by atoms with Crippen LogP contribution in [0.25, 0.3) is 0 Å². The quantitative estimate of drug-likeness (QED) is 0.806. The molecular formula is C15H25NS. The Hall–Kier alpha value is -0.340. The minimum Gasteiger partial charge on any atom is -0.313 e. The third-order valence-electron chi connectivity index (χ3n) is 4.14. The van der Waals surface area contributed by atoms with Gasteiger partial charge in [0.05, 0.1) is 0 Å². The molecule has 1 aromatic heterocycles. The van der Waals surface area contributed by atoms with Crippen molar-refractivity contribution in [1.82, 2.24) is 5.32 Å². The maximum Gasteiger partial charge on any atom is 0.0328 e. The summed E-state index contributed by atoms with van der Waals surface area (Å²) in [5.74, 6) is 1.01. The first kappa shape index (κ1) is 13.1. The van der Waals surface area contributed by atoms with Crippen LogP contribution in [0.4, 0.5) is 0 Å². The molecule has 1 saturated carbocycles. The summed E-state index contributed by atoms with van der Waals surface area (Å²) in [5, 5.41) is 3.50. The highest BCUT2D eigenvalue weighted by Gasteiger charge is 2.19. The van der Waals surface area contributed by atoms with Crippen molar-refractivity contribution >= 4 is 11.3 Å². The van der Waals surface area contributed by atoms with Crippen molar-refractivity contribution < 1.29 is 0 Å². The lowest BCUT2D eigenvalue weighted by Gasteiger charge is -2.18. The Balaban J connectivity index is 1.93. The van der Waals surface area contributed by atoms with E-state index < -0.39 is 0 Å². The van der Waals surface area contributed by atoms with Gasteiger partial charge in [-0.2, -0.15) is 0 Å². The van der Waals surface area contributed by atoms with Crippen molar-refractivity contribution in [2.45, 2.75) is 58.4 Å². The summed E-state index contributed by atoms with van der Waals surface area (Å²) in [5.41, 5.74) is 1.54. The monoisotopic (exact) mass is 251 g/mol. The van der Waals surface area contributed by atoms with Crippen molar-refractivity contribution in [3.05, 3.63) is 21.4 Å². The van der Waals surface area contributed by atoms with Gasteiger partial charge in [0.15, 0.2) is 0 Å². The zero-order valence-corrected chi connectivity index (χ0v) is 12.2. The molecule has 2 rings (SSSR count). The normalized spacial score (nSPS) is 18.8. The third-order valence-corrected chi connectivity index (χ3v) is 5.12. The van der Waals surface area contributed by atoms with E-state index in [1.54, 1.807) is 0 Å². The van der Waals surface area contributed by atoms with Gasteiger partial charge in [0.1, 0.15) is 0 Å². The van der Waals surface area contributed by atoms with Gasteiger partial charge in [-0.15, -0.1) is 11.3 Å². The molecular weight excluding hydrogens is 226 g/mol. The average molecular weight is 251 g/mol. The average Bonchev–Trinajstić information content (AvgIpc) is 2.90. The molecule has 2 heteroatoms. The topological polar surface area (TPSA) is 12.0 Å². The van der Waals surface area contributed by atoms with Crippen LogP contribution in [0.15, 0.2) is 6.07 Å². The van der Waals surface area contributed by atoms with E-state index in [0.717, 1.165) is 5.92 Å². The lowest BCUT2D eigenvalue weighted by molar-refractivity contribution is 0.427. The molecule has 0 saturated heterocycles. The van der Waals surface area contributed by atoms with Crippen LogP contribution >= 0.6 is 11.3 Å². The van der Waals surface area contributed by atoms with E-state index in [9.17, 15) is 0 Å². The fourth-order valence-corrected chi connectivity index (χ4v) is 4.14. The Labute approximate surface area is 110 Å². The zero-order chi connectivity index (χ0) is 12.3. The van der Waals surface area contributed by atoms with Crippen molar-refractivity contribution in [1.29, 1.82) is 0 Å². The van der Waals surface area contributed by atoms with E-state index in [4.69, 9.17) is 0 Å². The van der Waals surface area contributed by atoms with E-state index in [0.29, 0.717) is 6.04 Å². The second kappa shape index (κ2) is 6.01. The van der Waals surface area contributed by atoms with Gasteiger partial charge in [-0.25, -0.2) is 0 Å². The van der Waals surface area contributed by atoms with Gasteiger partial charge >= 0.3 is 0 Å². The van der Waals surface area contributed by atoms with Crippen LogP contribution in [0.5, 0.6) is 0 Å². The van der Waals surface area contributed by atoms with Crippen LogP contribution in [0.2, 0.25) is 0 Å². The fraction of sp³-hybridized carbons (Fsp3) is 0.733. The standard InChI is InChI=1S/C15H25NS/c1-11-10-14(12(2)17-11)15(16-3)9-8-13-6-4-5-7-13/h10,13,15-16H,4-9H2,1-3H3. The molecule has 0 aromatic carbocycles. The van der Waals surface area contributed by atoms with E-state index in [1.165, 1.54) is 53.8 Å². The second-order valence-corrected chi connectivity index (χ2v) is 6.90. The summed E-state index contributed by atoms with van der Waals surface area (Å²) < 4.78 is 0. The van der Waals surface area contributed by atoms with Gasteiger partial charge in [-0.1, -0.05) is 25.7 Å². The SMILES string of the molecule is CNC(CCC1CCCC1)c1cc(C)sc1C. The lowest BCUT2D eigenvalue weighted by Crippen LogP contribution is -2.17. The van der Waals surface area contributed by atoms with Gasteiger partial charge in [-0.3, -0.25) is 0 Å². The van der Waals surface area contributed by atoms with E-state index in [2.05, 4.69) is 32.3 Å². The van der Waals surface area contributed by atoms with Crippen LogP contribution in [-0.4, -0.2) is 7.05 Å². The Morgan fingerprint density at radius 3 is 2.59 bits per heavy atom. The van der Waals surface area contributed by atoms with E-state index in [1.807, 2.05) is 11.3 Å². The van der Waals surface area contributed by atoms with Crippen LogP contribution in [0.1, 0.15) is 59.9 Å². The molecule has 0 amide bonds. The van der Waals surface area contributed by atoms with E-state index in [-0.39, 0.29) is 0 Å². The fourth-order valence-electron chi connectivity index (χ4n) is 3.15. The van der Waals surface area contributed by atoms with Crippen LogP contribution in [0, 0.1) is 19.8 Å². The first-order valence-corrected chi connectivity index (χ1v) is 7.76. The molecule has 1 aromatic rings. The number of thiophene rings is 1. The van der Waals surface area contributed by atoms with Crippen LogP contribution < -0.4 is 5.32 Å². The molecule has 1 aliphatic rings. The molecule has 0 spiro atoms. The molecule has 1 N–H and O–H groups in total. The number of aryl methyl sites for hydroxylation is 2. The molecule has 0 radical (unpaired) electrons. The van der Waals surface area contributed by atoms with Crippen LogP contribution in [0.3, 0.4) is 0 Å². The lowest BCUT2D eigenvalue weighted by atomic mass is 9.95. The highest BCUT2D eigenvalue weighted by atomic mass is 32.1. The molecule has 1 unspecified atom stereocenters. The summed E-state index contributed by atoms with van der Waals surface area (Å²) in [6.07, 6.45) is 8.57. The second-order valence-electron chi connectivity index (χ2n) is 5.44. The van der Waals surface area contributed by atoms with Gasteiger partial charge in [-0.05, 0) is 51.3 Å². The molecule has 1 nitrogen and oxygen atoms in total. The predicted octanol–water partition coefficient (Wildman–Crippen LogP) is 4.60. The zero-order valence-electron chi connectivity index (χ0n) is 11.4. The molecule has 0 bridgehead atoms. The number of rotatable bonds is 5. The molecule has 1 fully saturated rings. The summed E-state index contributed by atoms with van der Waals surface area (Å²) in [6, 6.07) is 2.94. The molecule has 1 aliphatic carbocycles. The maximum atomic E-state index is 3.50. The Bertz CT molecular complexity index is 350. The maximum absolute atomic E-state index is 3.50. The Morgan fingerprint density at radius 2 is 2.06 bits per heavy atom. The van der Waals surface area contributed by atoms with Crippen LogP contribution in [-0.2, 0) is 0 Å². The molecule has 1 heterocycles. The third kappa shape index (κ3) is 3.32. The van der Waals surface area contributed by atoms with Gasteiger partial charge in [0.2, 0.25) is 0 Å². The molecule has 0 aliphatic heterocycles. The Kier molecular flexibility index (Phi) is 4.63. The predicted molar refractivity (Wildman–Crippen MR) is 76.8 cm³/mol. The molecule has 1 atom stereocenters. The van der Waals surface area contributed by atoms with Crippen molar-refractivity contribution in [3.8, 4) is 0 Å². The minimum absolute atomic E-state index is 0.570. The van der Waals surface area contributed by atoms with Crippen molar-refractivity contribution in [2.75, 3.05) is 7.05 Å². The van der Waals surface area contributed by atoms with Crippen molar-refractivity contribution in [2.24, 2.45) is 5.92 Å². The first-order chi connectivity index (χ1) is 8.20. The van der Waals surface area contributed by atoms with E-state index >= 15 is 0 Å². The molecule has 96 valence electrons. The summed E-state index contributed by atoms with van der Waals surface area (Å²) in [6.45, 7) is 4.47. The number of hydrogen-bond acceptors (Lipinski definition) is 2.